The van der Waals surface area contributed by atoms with Crippen molar-refractivity contribution in [2.75, 3.05) is 0 Å². The Labute approximate surface area is 121 Å². The van der Waals surface area contributed by atoms with E-state index in [0.717, 1.165) is 10.2 Å². The SMILES string of the molecule is CC(NSCc1ccccc1)c1ccc(Br)cc1. The average Bonchev–Trinajstić information content (AvgIpc) is 2.40. The molecule has 0 spiro atoms. The van der Waals surface area contributed by atoms with Crippen LogP contribution in [0.5, 0.6) is 0 Å². The third-order valence-corrected chi connectivity index (χ3v) is 4.24. The smallest absolute Gasteiger partial charge is 0.0393 e. The quantitative estimate of drug-likeness (QED) is 0.782. The first-order chi connectivity index (χ1) is 8.75. The molecule has 18 heavy (non-hydrogen) atoms. The number of halogens is 1. The van der Waals surface area contributed by atoms with E-state index in [1.807, 2.05) is 6.07 Å². The molecule has 1 N–H and O–H groups in total. The normalized spacial score (nSPS) is 12.3. The molecular weight excluding hydrogens is 306 g/mol. The van der Waals surface area contributed by atoms with Crippen LogP contribution in [0.15, 0.2) is 59.1 Å². The summed E-state index contributed by atoms with van der Waals surface area (Å²) in [6.45, 7) is 2.18. The van der Waals surface area contributed by atoms with Crippen LogP contribution in [0.2, 0.25) is 0 Å². The Kier molecular flexibility index (Phi) is 5.29. The minimum Gasteiger partial charge on any atom is -0.257 e. The predicted octanol–water partition coefficient (Wildman–Crippen LogP) is 4.95. The topological polar surface area (TPSA) is 12.0 Å². The lowest BCUT2D eigenvalue weighted by Crippen LogP contribution is -2.10. The molecule has 0 bridgehead atoms. The molecule has 2 rings (SSSR count). The summed E-state index contributed by atoms with van der Waals surface area (Å²) in [6, 6.07) is 19.3. The van der Waals surface area contributed by atoms with E-state index >= 15 is 0 Å². The standard InChI is InChI=1S/C15H16BrNS/c1-12(14-7-9-15(16)10-8-14)17-18-11-13-5-3-2-4-6-13/h2-10,12,17H,11H2,1H3. The second-order valence-corrected chi connectivity index (χ2v) is 5.89. The predicted molar refractivity (Wildman–Crippen MR) is 83.4 cm³/mol. The van der Waals surface area contributed by atoms with E-state index in [9.17, 15) is 0 Å². The lowest BCUT2D eigenvalue weighted by molar-refractivity contribution is 0.754. The highest BCUT2D eigenvalue weighted by Crippen LogP contribution is 2.19. The van der Waals surface area contributed by atoms with Crippen LogP contribution >= 0.6 is 27.9 Å². The van der Waals surface area contributed by atoms with Crippen LogP contribution in [-0.4, -0.2) is 0 Å². The van der Waals surface area contributed by atoms with Crippen molar-refractivity contribution in [3.63, 3.8) is 0 Å². The maximum absolute atomic E-state index is 3.47. The van der Waals surface area contributed by atoms with Crippen LogP contribution in [0, 0.1) is 0 Å². The van der Waals surface area contributed by atoms with Crippen molar-refractivity contribution in [1.29, 1.82) is 0 Å². The summed E-state index contributed by atoms with van der Waals surface area (Å²) in [6.07, 6.45) is 0. The van der Waals surface area contributed by atoms with Crippen LogP contribution in [0.1, 0.15) is 24.1 Å². The highest BCUT2D eigenvalue weighted by atomic mass is 79.9. The van der Waals surface area contributed by atoms with Gasteiger partial charge in [-0.1, -0.05) is 70.3 Å². The summed E-state index contributed by atoms with van der Waals surface area (Å²) >= 11 is 5.20. The monoisotopic (exact) mass is 321 g/mol. The number of benzene rings is 2. The van der Waals surface area contributed by atoms with Gasteiger partial charge in [0.2, 0.25) is 0 Å². The zero-order valence-electron chi connectivity index (χ0n) is 10.3. The molecule has 0 amide bonds. The average molecular weight is 322 g/mol. The second kappa shape index (κ2) is 6.98. The minimum absolute atomic E-state index is 0.354. The van der Waals surface area contributed by atoms with Crippen molar-refractivity contribution in [3.05, 3.63) is 70.2 Å². The molecule has 2 aromatic carbocycles. The Morgan fingerprint density at radius 2 is 1.72 bits per heavy atom. The van der Waals surface area contributed by atoms with Gasteiger partial charge < -0.3 is 0 Å². The molecule has 0 heterocycles. The van der Waals surface area contributed by atoms with Crippen molar-refractivity contribution in [2.45, 2.75) is 18.7 Å². The Balaban J connectivity index is 1.81. The molecule has 94 valence electrons. The van der Waals surface area contributed by atoms with E-state index in [1.54, 1.807) is 11.9 Å². The fourth-order valence-electron chi connectivity index (χ4n) is 1.64. The zero-order valence-corrected chi connectivity index (χ0v) is 12.7. The molecule has 3 heteroatoms. The first-order valence-corrected chi connectivity index (χ1v) is 7.70. The summed E-state index contributed by atoms with van der Waals surface area (Å²) in [5, 5.41) is 0. The van der Waals surface area contributed by atoms with Gasteiger partial charge in [-0.25, -0.2) is 0 Å². The molecule has 0 aliphatic heterocycles. The fourth-order valence-corrected chi connectivity index (χ4v) is 2.74. The number of rotatable bonds is 5. The van der Waals surface area contributed by atoms with E-state index in [-0.39, 0.29) is 0 Å². The molecular formula is C15H16BrNS. The highest BCUT2D eigenvalue weighted by Gasteiger charge is 2.04. The molecule has 0 aliphatic carbocycles. The number of hydrogen-bond donors (Lipinski definition) is 1. The van der Waals surface area contributed by atoms with Crippen LogP contribution < -0.4 is 4.72 Å². The summed E-state index contributed by atoms with van der Waals surface area (Å²) < 4.78 is 4.59. The van der Waals surface area contributed by atoms with Gasteiger partial charge in [0.15, 0.2) is 0 Å². The van der Waals surface area contributed by atoms with Gasteiger partial charge in [0.1, 0.15) is 0 Å². The van der Waals surface area contributed by atoms with Gasteiger partial charge in [-0.2, -0.15) is 0 Å². The first-order valence-electron chi connectivity index (χ1n) is 5.92. The summed E-state index contributed by atoms with van der Waals surface area (Å²) in [7, 11) is 0. The zero-order chi connectivity index (χ0) is 12.8. The minimum atomic E-state index is 0.354. The molecule has 1 nitrogen and oxygen atoms in total. The summed E-state index contributed by atoms with van der Waals surface area (Å²) in [4.78, 5) is 0. The van der Waals surface area contributed by atoms with Gasteiger partial charge in [-0.15, -0.1) is 0 Å². The summed E-state index contributed by atoms with van der Waals surface area (Å²) in [5.41, 5.74) is 2.65. The maximum Gasteiger partial charge on any atom is 0.0393 e. The van der Waals surface area contributed by atoms with E-state index in [4.69, 9.17) is 0 Å². The Bertz CT molecular complexity index is 470. The summed E-state index contributed by atoms with van der Waals surface area (Å²) in [5.74, 6) is 0.988. The van der Waals surface area contributed by atoms with Crippen LogP contribution in [0.3, 0.4) is 0 Å². The number of hydrogen-bond acceptors (Lipinski definition) is 2. The molecule has 0 aliphatic rings. The highest BCUT2D eigenvalue weighted by molar-refractivity contribution is 9.10. The largest absolute Gasteiger partial charge is 0.257 e. The number of nitrogens with one attached hydrogen (secondary N) is 1. The third kappa shape index (κ3) is 4.16. The lowest BCUT2D eigenvalue weighted by Gasteiger charge is -2.13. The molecule has 0 fully saturated rings. The van der Waals surface area contributed by atoms with Crippen LogP contribution in [-0.2, 0) is 5.75 Å². The maximum atomic E-state index is 3.47. The second-order valence-electron chi connectivity index (χ2n) is 4.17. The molecule has 0 radical (unpaired) electrons. The Hall–Kier alpha value is -0.770. The van der Waals surface area contributed by atoms with Crippen molar-refractivity contribution in [2.24, 2.45) is 0 Å². The van der Waals surface area contributed by atoms with Gasteiger partial charge in [-0.05, 0) is 30.2 Å². The Morgan fingerprint density at radius 3 is 2.39 bits per heavy atom. The van der Waals surface area contributed by atoms with Gasteiger partial charge >= 0.3 is 0 Å². The molecule has 0 saturated carbocycles. The first kappa shape index (κ1) is 13.7. The van der Waals surface area contributed by atoms with Gasteiger partial charge in [-0.3, -0.25) is 4.72 Å². The van der Waals surface area contributed by atoms with Gasteiger partial charge in [0, 0.05) is 16.3 Å². The molecule has 2 aromatic rings. The molecule has 0 aromatic heterocycles. The van der Waals surface area contributed by atoms with E-state index in [2.05, 4.69) is 76.1 Å². The lowest BCUT2D eigenvalue weighted by atomic mass is 10.1. The van der Waals surface area contributed by atoms with Crippen LogP contribution in [0.25, 0.3) is 0 Å². The molecule has 1 atom stereocenters. The van der Waals surface area contributed by atoms with Crippen molar-refractivity contribution < 1.29 is 0 Å². The van der Waals surface area contributed by atoms with E-state index < -0.39 is 0 Å². The van der Waals surface area contributed by atoms with Crippen molar-refractivity contribution in [3.8, 4) is 0 Å². The Morgan fingerprint density at radius 1 is 1.06 bits per heavy atom. The molecule has 1 unspecified atom stereocenters. The van der Waals surface area contributed by atoms with Gasteiger partial charge in [0.05, 0.1) is 0 Å². The molecule has 0 saturated heterocycles. The van der Waals surface area contributed by atoms with E-state index in [0.29, 0.717) is 6.04 Å². The van der Waals surface area contributed by atoms with Crippen molar-refractivity contribution >= 4 is 27.9 Å². The van der Waals surface area contributed by atoms with Gasteiger partial charge in [0.25, 0.3) is 0 Å². The fraction of sp³-hybridized carbons (Fsp3) is 0.200. The van der Waals surface area contributed by atoms with Crippen LogP contribution in [0.4, 0.5) is 0 Å². The van der Waals surface area contributed by atoms with Crippen molar-refractivity contribution in [1.82, 2.24) is 4.72 Å². The third-order valence-electron chi connectivity index (χ3n) is 2.71. The van der Waals surface area contributed by atoms with E-state index in [1.165, 1.54) is 11.1 Å².